The van der Waals surface area contributed by atoms with E-state index in [0.29, 0.717) is 18.8 Å². The maximum atomic E-state index is 13.0. The number of amides is 1. The zero-order chi connectivity index (χ0) is 22.0. The third-order valence-electron chi connectivity index (χ3n) is 5.83. The van der Waals surface area contributed by atoms with Gasteiger partial charge in [0.05, 0.1) is 0 Å². The van der Waals surface area contributed by atoms with Gasteiger partial charge in [-0.1, -0.05) is 29.8 Å². The molecule has 1 aliphatic heterocycles. The Bertz CT molecular complexity index is 1170. The SMILES string of the molecule is Cc1cccc(Cc2cc(C)nc([C@@H]3CCCN(C(=O)c4ccc(=O)n(C)n4)C3)c2)c1. The van der Waals surface area contributed by atoms with Crippen molar-refractivity contribution in [1.82, 2.24) is 19.7 Å². The van der Waals surface area contributed by atoms with Crippen molar-refractivity contribution >= 4 is 5.91 Å². The van der Waals surface area contributed by atoms with Gasteiger partial charge < -0.3 is 4.90 Å². The molecule has 1 saturated heterocycles. The molecular formula is C25H28N4O2. The molecule has 4 rings (SSSR count). The fourth-order valence-corrected chi connectivity index (χ4v) is 4.32. The maximum Gasteiger partial charge on any atom is 0.274 e. The first-order chi connectivity index (χ1) is 14.9. The smallest absolute Gasteiger partial charge is 0.274 e. The van der Waals surface area contributed by atoms with Crippen LogP contribution in [-0.4, -0.2) is 38.7 Å². The number of nitrogens with zero attached hydrogens (tertiary/aromatic N) is 4. The molecule has 31 heavy (non-hydrogen) atoms. The molecule has 2 aromatic heterocycles. The minimum absolute atomic E-state index is 0.132. The lowest BCUT2D eigenvalue weighted by Gasteiger charge is -2.32. The van der Waals surface area contributed by atoms with Crippen LogP contribution in [0.1, 0.15) is 57.3 Å². The summed E-state index contributed by atoms with van der Waals surface area (Å²) in [5.74, 6) is 0.0642. The van der Waals surface area contributed by atoms with Gasteiger partial charge in [0.1, 0.15) is 5.69 Å². The topological polar surface area (TPSA) is 68.1 Å². The van der Waals surface area contributed by atoms with Crippen molar-refractivity contribution in [2.45, 2.75) is 39.0 Å². The van der Waals surface area contributed by atoms with Gasteiger partial charge in [-0.2, -0.15) is 5.10 Å². The zero-order valence-corrected chi connectivity index (χ0v) is 18.3. The number of likely N-dealkylation sites (tertiary alicyclic amines) is 1. The maximum absolute atomic E-state index is 13.0. The normalized spacial score (nSPS) is 16.4. The summed E-state index contributed by atoms with van der Waals surface area (Å²) >= 11 is 0. The van der Waals surface area contributed by atoms with Gasteiger partial charge in [0.25, 0.3) is 11.5 Å². The first-order valence-corrected chi connectivity index (χ1v) is 10.8. The van der Waals surface area contributed by atoms with Crippen LogP contribution in [0.2, 0.25) is 0 Å². The predicted octanol–water partition coefficient (Wildman–Crippen LogP) is 3.40. The highest BCUT2D eigenvalue weighted by molar-refractivity contribution is 5.92. The fourth-order valence-electron chi connectivity index (χ4n) is 4.32. The summed E-state index contributed by atoms with van der Waals surface area (Å²) in [5.41, 5.74) is 5.93. The van der Waals surface area contributed by atoms with Crippen LogP contribution >= 0.6 is 0 Å². The summed E-state index contributed by atoms with van der Waals surface area (Å²) < 4.78 is 1.20. The first-order valence-electron chi connectivity index (χ1n) is 10.8. The average Bonchev–Trinajstić information content (AvgIpc) is 2.75. The van der Waals surface area contributed by atoms with Crippen molar-refractivity contribution in [3.8, 4) is 0 Å². The third kappa shape index (κ3) is 4.90. The quantitative estimate of drug-likeness (QED) is 0.654. The van der Waals surface area contributed by atoms with Crippen molar-refractivity contribution in [3.63, 3.8) is 0 Å². The molecule has 3 aromatic rings. The Kier molecular flexibility index (Phi) is 5.98. The lowest BCUT2D eigenvalue weighted by Crippen LogP contribution is -2.40. The minimum Gasteiger partial charge on any atom is -0.337 e. The van der Waals surface area contributed by atoms with E-state index < -0.39 is 0 Å². The van der Waals surface area contributed by atoms with Gasteiger partial charge >= 0.3 is 0 Å². The molecule has 0 unspecified atom stereocenters. The minimum atomic E-state index is -0.224. The summed E-state index contributed by atoms with van der Waals surface area (Å²) in [6, 6.07) is 15.8. The van der Waals surface area contributed by atoms with Gasteiger partial charge in [-0.3, -0.25) is 14.6 Å². The number of carbonyl (C=O) groups is 1. The molecule has 3 heterocycles. The molecule has 0 bridgehead atoms. The van der Waals surface area contributed by atoms with Crippen molar-refractivity contribution < 1.29 is 4.79 Å². The number of aryl methyl sites for hydroxylation is 3. The van der Waals surface area contributed by atoms with Gasteiger partial charge in [-0.05, 0) is 62.4 Å². The van der Waals surface area contributed by atoms with E-state index in [9.17, 15) is 9.59 Å². The lowest BCUT2D eigenvalue weighted by molar-refractivity contribution is 0.0697. The average molecular weight is 417 g/mol. The number of rotatable bonds is 4. The summed E-state index contributed by atoms with van der Waals surface area (Å²) in [6.07, 6.45) is 2.80. The van der Waals surface area contributed by atoms with E-state index in [1.165, 1.54) is 33.5 Å². The van der Waals surface area contributed by atoms with Crippen molar-refractivity contribution in [1.29, 1.82) is 0 Å². The Balaban J connectivity index is 1.53. The molecule has 6 heteroatoms. The Labute approximate surface area is 182 Å². The van der Waals surface area contributed by atoms with E-state index in [-0.39, 0.29) is 17.4 Å². The van der Waals surface area contributed by atoms with Gasteiger partial charge in [-0.15, -0.1) is 0 Å². The second kappa shape index (κ2) is 8.84. The second-order valence-electron chi connectivity index (χ2n) is 8.48. The Morgan fingerprint density at radius 2 is 1.94 bits per heavy atom. The van der Waals surface area contributed by atoms with Crippen LogP contribution in [0, 0.1) is 13.8 Å². The summed E-state index contributed by atoms with van der Waals surface area (Å²) in [6.45, 7) is 5.45. The molecule has 0 spiro atoms. The number of aromatic nitrogens is 3. The molecule has 1 fully saturated rings. The number of hydrogen-bond donors (Lipinski definition) is 0. The number of benzene rings is 1. The van der Waals surface area contributed by atoms with Crippen LogP contribution in [0.25, 0.3) is 0 Å². The van der Waals surface area contributed by atoms with Crippen molar-refractivity contribution in [3.05, 3.63) is 92.7 Å². The van der Waals surface area contributed by atoms with Crippen LogP contribution in [0.4, 0.5) is 0 Å². The number of pyridine rings is 1. The summed E-state index contributed by atoms with van der Waals surface area (Å²) in [5, 5.41) is 4.13. The molecule has 1 atom stereocenters. The van der Waals surface area contributed by atoms with Gasteiger partial charge in [0.15, 0.2) is 0 Å². The standard InChI is InChI=1S/C25H28N4O2/c1-17-6-4-7-19(12-17)14-20-13-18(2)26-23(15-20)21-8-5-11-29(16-21)25(31)22-9-10-24(30)28(3)27-22/h4,6-7,9-10,12-13,15,21H,5,8,11,14,16H2,1-3H3/t21-/m1/s1. The van der Waals surface area contributed by atoms with Crippen molar-refractivity contribution in [2.75, 3.05) is 13.1 Å². The second-order valence-corrected chi connectivity index (χ2v) is 8.48. The lowest BCUT2D eigenvalue weighted by atomic mass is 9.92. The van der Waals surface area contributed by atoms with E-state index >= 15 is 0 Å². The van der Waals surface area contributed by atoms with E-state index in [1.807, 2.05) is 11.8 Å². The Morgan fingerprint density at radius 3 is 2.71 bits per heavy atom. The molecule has 1 aromatic carbocycles. The summed E-state index contributed by atoms with van der Waals surface area (Å²) in [7, 11) is 1.56. The number of hydrogen-bond acceptors (Lipinski definition) is 4. The Hall–Kier alpha value is -3.28. The largest absolute Gasteiger partial charge is 0.337 e. The monoisotopic (exact) mass is 416 g/mol. The van der Waals surface area contributed by atoms with Gasteiger partial charge in [0, 0.05) is 43.5 Å². The van der Waals surface area contributed by atoms with E-state index in [1.54, 1.807) is 7.05 Å². The molecule has 0 aliphatic carbocycles. The molecule has 1 amide bonds. The first kappa shape index (κ1) is 21.0. The van der Waals surface area contributed by atoms with Crippen LogP contribution < -0.4 is 5.56 Å². The van der Waals surface area contributed by atoms with E-state index in [0.717, 1.165) is 30.7 Å². The molecule has 6 nitrogen and oxygen atoms in total. The fraction of sp³-hybridized carbons (Fsp3) is 0.360. The highest BCUT2D eigenvalue weighted by Crippen LogP contribution is 2.28. The van der Waals surface area contributed by atoms with Crippen molar-refractivity contribution in [2.24, 2.45) is 7.05 Å². The third-order valence-corrected chi connectivity index (χ3v) is 5.83. The highest BCUT2D eigenvalue weighted by atomic mass is 16.2. The van der Waals surface area contributed by atoms with Crippen LogP contribution in [0.15, 0.2) is 53.3 Å². The van der Waals surface area contributed by atoms with Gasteiger partial charge in [0.2, 0.25) is 0 Å². The molecule has 0 radical (unpaired) electrons. The molecule has 0 N–H and O–H groups in total. The van der Waals surface area contributed by atoms with Crippen LogP contribution in [0.5, 0.6) is 0 Å². The van der Waals surface area contributed by atoms with Crippen LogP contribution in [0.3, 0.4) is 0 Å². The Morgan fingerprint density at radius 1 is 1.10 bits per heavy atom. The molecular weight excluding hydrogens is 388 g/mol. The van der Waals surface area contributed by atoms with Gasteiger partial charge in [-0.25, -0.2) is 4.68 Å². The summed E-state index contributed by atoms with van der Waals surface area (Å²) in [4.78, 5) is 31.2. The number of carbonyl (C=O) groups excluding carboxylic acids is 1. The van der Waals surface area contributed by atoms with E-state index in [2.05, 4.69) is 48.4 Å². The zero-order valence-electron chi connectivity index (χ0n) is 18.3. The molecule has 1 aliphatic rings. The molecule has 160 valence electrons. The number of piperidine rings is 1. The van der Waals surface area contributed by atoms with E-state index in [4.69, 9.17) is 4.98 Å². The highest BCUT2D eigenvalue weighted by Gasteiger charge is 2.27. The van der Waals surface area contributed by atoms with Crippen LogP contribution in [-0.2, 0) is 13.5 Å². The predicted molar refractivity (Wildman–Crippen MR) is 120 cm³/mol. The molecule has 0 saturated carbocycles.